The summed E-state index contributed by atoms with van der Waals surface area (Å²) in [7, 11) is 3.17. The van der Waals surface area contributed by atoms with Gasteiger partial charge in [-0.15, -0.1) is 0 Å². The maximum Gasteiger partial charge on any atom is 0.270 e. The van der Waals surface area contributed by atoms with Gasteiger partial charge in [-0.05, 0) is 42.0 Å². The molecule has 0 saturated carbocycles. The van der Waals surface area contributed by atoms with E-state index in [-0.39, 0.29) is 5.91 Å². The molecule has 3 rings (SSSR count). The summed E-state index contributed by atoms with van der Waals surface area (Å²) in [6.45, 7) is 0.394. The molecule has 3 aromatic rings. The lowest BCUT2D eigenvalue weighted by molar-refractivity contribution is 0.0946. The van der Waals surface area contributed by atoms with E-state index in [9.17, 15) is 4.79 Å². The lowest BCUT2D eigenvalue weighted by Crippen LogP contribution is -2.23. The van der Waals surface area contributed by atoms with Crippen molar-refractivity contribution in [3.63, 3.8) is 0 Å². The van der Waals surface area contributed by atoms with Gasteiger partial charge >= 0.3 is 0 Å². The number of amides is 1. The normalized spacial score (nSPS) is 10.2. The van der Waals surface area contributed by atoms with E-state index < -0.39 is 0 Å². The predicted octanol–water partition coefficient (Wildman–Crippen LogP) is 4.43. The van der Waals surface area contributed by atoms with Gasteiger partial charge in [-0.1, -0.05) is 23.7 Å². The van der Waals surface area contributed by atoms with Gasteiger partial charge in [-0.2, -0.15) is 0 Å². The van der Waals surface area contributed by atoms with Crippen LogP contribution in [-0.4, -0.2) is 25.1 Å². The van der Waals surface area contributed by atoms with Gasteiger partial charge in [0.2, 0.25) is 0 Å². The highest BCUT2D eigenvalue weighted by Gasteiger charge is 2.09. The molecule has 1 heterocycles. The van der Waals surface area contributed by atoms with Crippen LogP contribution in [0.2, 0.25) is 5.02 Å². The molecule has 1 aromatic heterocycles. The first kappa shape index (κ1) is 19.5. The van der Waals surface area contributed by atoms with Crippen molar-refractivity contribution in [1.82, 2.24) is 10.3 Å². The molecule has 2 N–H and O–H groups in total. The highest BCUT2D eigenvalue weighted by molar-refractivity contribution is 6.30. The van der Waals surface area contributed by atoms with Gasteiger partial charge in [-0.25, -0.2) is 0 Å². The van der Waals surface area contributed by atoms with Crippen LogP contribution in [0.15, 0.2) is 60.8 Å². The summed E-state index contributed by atoms with van der Waals surface area (Å²) >= 11 is 5.87. The lowest BCUT2D eigenvalue weighted by Gasteiger charge is -2.12. The molecule has 0 atom stereocenters. The molecule has 0 aliphatic heterocycles. The van der Waals surface area contributed by atoms with Crippen molar-refractivity contribution in [3.8, 4) is 11.5 Å². The number of nitrogens with one attached hydrogen (secondary N) is 2. The number of nitrogens with zero attached hydrogens (tertiary/aromatic N) is 1. The summed E-state index contributed by atoms with van der Waals surface area (Å²) in [5.74, 6) is 0.999. The minimum absolute atomic E-state index is 0.258. The van der Waals surface area contributed by atoms with E-state index >= 15 is 0 Å². The average Bonchev–Trinajstić information content (AvgIpc) is 2.73. The number of hydrogen-bond donors (Lipinski definition) is 2. The second-order valence-electron chi connectivity index (χ2n) is 5.93. The third-order valence-electron chi connectivity index (χ3n) is 4.03. The number of carbonyl (C=O) groups excluding carboxylic acids is 1. The summed E-state index contributed by atoms with van der Waals surface area (Å²) in [4.78, 5) is 16.6. The summed E-state index contributed by atoms with van der Waals surface area (Å²) < 4.78 is 10.5. The monoisotopic (exact) mass is 397 g/mol. The van der Waals surface area contributed by atoms with E-state index in [4.69, 9.17) is 21.1 Å². The zero-order chi connectivity index (χ0) is 19.9. The number of methoxy groups -OCH3 is 2. The van der Waals surface area contributed by atoms with E-state index in [1.165, 1.54) is 0 Å². The molecular weight excluding hydrogens is 378 g/mol. The number of aromatic nitrogens is 1. The molecule has 28 heavy (non-hydrogen) atoms. The average molecular weight is 398 g/mol. The van der Waals surface area contributed by atoms with Gasteiger partial charge in [-0.3, -0.25) is 9.78 Å². The number of halogens is 1. The number of hydrogen-bond acceptors (Lipinski definition) is 5. The fourth-order valence-electron chi connectivity index (χ4n) is 2.59. The summed E-state index contributed by atoms with van der Waals surface area (Å²) in [5.41, 5.74) is 2.81. The fraction of sp³-hybridized carbons (Fsp3) is 0.143. The largest absolute Gasteiger partial charge is 0.493 e. The van der Waals surface area contributed by atoms with Crippen molar-refractivity contribution in [2.24, 2.45) is 0 Å². The van der Waals surface area contributed by atoms with Crippen LogP contribution >= 0.6 is 11.6 Å². The molecule has 0 unspecified atom stereocenters. The van der Waals surface area contributed by atoms with Crippen LogP contribution < -0.4 is 20.1 Å². The standard InChI is InChI=1S/C21H20ClN3O3/c1-27-19-8-7-16(12-20(19)28-2)25-17-9-10-23-18(11-17)21(26)24-13-14-3-5-15(22)6-4-14/h3-12H,13H2,1-2H3,(H,23,25)(H,24,26). The Labute approximate surface area is 168 Å². The van der Waals surface area contributed by atoms with Gasteiger partial charge in [0.1, 0.15) is 5.69 Å². The van der Waals surface area contributed by atoms with Gasteiger partial charge in [0, 0.05) is 35.2 Å². The van der Waals surface area contributed by atoms with Crippen LogP contribution in [0.5, 0.6) is 11.5 Å². The first-order valence-electron chi connectivity index (χ1n) is 8.57. The molecule has 0 aliphatic carbocycles. The van der Waals surface area contributed by atoms with Crippen molar-refractivity contribution in [1.29, 1.82) is 0 Å². The summed E-state index contributed by atoms with van der Waals surface area (Å²) in [6.07, 6.45) is 1.58. The van der Waals surface area contributed by atoms with E-state index in [2.05, 4.69) is 15.6 Å². The SMILES string of the molecule is COc1ccc(Nc2ccnc(C(=O)NCc3ccc(Cl)cc3)c2)cc1OC. The molecule has 7 heteroatoms. The van der Waals surface area contributed by atoms with Crippen LogP contribution in [0.3, 0.4) is 0 Å². The minimum atomic E-state index is -0.258. The van der Waals surface area contributed by atoms with E-state index in [1.54, 1.807) is 44.7 Å². The van der Waals surface area contributed by atoms with E-state index in [0.29, 0.717) is 28.8 Å². The van der Waals surface area contributed by atoms with Gasteiger partial charge in [0.05, 0.1) is 14.2 Å². The number of anilines is 2. The quantitative estimate of drug-likeness (QED) is 0.617. The van der Waals surface area contributed by atoms with Crippen molar-refractivity contribution < 1.29 is 14.3 Å². The predicted molar refractivity (Wildman–Crippen MR) is 110 cm³/mol. The maximum absolute atomic E-state index is 12.4. The molecule has 144 valence electrons. The highest BCUT2D eigenvalue weighted by Crippen LogP contribution is 2.31. The molecule has 0 spiro atoms. The molecule has 1 amide bonds. The first-order chi connectivity index (χ1) is 13.6. The van der Waals surface area contributed by atoms with Crippen molar-refractivity contribution in [2.45, 2.75) is 6.54 Å². The Bertz CT molecular complexity index is 961. The van der Waals surface area contributed by atoms with Crippen LogP contribution in [0, 0.1) is 0 Å². The Morgan fingerprint density at radius 2 is 1.68 bits per heavy atom. The van der Waals surface area contributed by atoms with E-state index in [1.807, 2.05) is 30.3 Å². The minimum Gasteiger partial charge on any atom is -0.493 e. The zero-order valence-corrected chi connectivity index (χ0v) is 16.3. The third-order valence-corrected chi connectivity index (χ3v) is 4.28. The summed E-state index contributed by atoms with van der Waals surface area (Å²) in [5, 5.41) is 6.74. The molecule has 0 bridgehead atoms. The molecular formula is C21H20ClN3O3. The van der Waals surface area contributed by atoms with Crippen LogP contribution in [-0.2, 0) is 6.54 Å². The lowest BCUT2D eigenvalue weighted by atomic mass is 10.2. The number of ether oxygens (including phenoxy) is 2. The van der Waals surface area contributed by atoms with Crippen molar-refractivity contribution in [3.05, 3.63) is 77.1 Å². The Balaban J connectivity index is 1.67. The Kier molecular flexibility index (Phi) is 6.34. The van der Waals surface area contributed by atoms with Gasteiger partial charge in [0.25, 0.3) is 5.91 Å². The molecule has 0 fully saturated rings. The topological polar surface area (TPSA) is 72.5 Å². The number of carbonyl (C=O) groups is 1. The van der Waals surface area contributed by atoms with Gasteiger partial charge < -0.3 is 20.1 Å². The van der Waals surface area contributed by atoms with Crippen molar-refractivity contribution >= 4 is 28.9 Å². The smallest absolute Gasteiger partial charge is 0.270 e. The number of pyridine rings is 1. The second-order valence-corrected chi connectivity index (χ2v) is 6.37. The number of benzene rings is 2. The molecule has 0 radical (unpaired) electrons. The maximum atomic E-state index is 12.4. The fourth-order valence-corrected chi connectivity index (χ4v) is 2.71. The van der Waals surface area contributed by atoms with Crippen LogP contribution in [0.4, 0.5) is 11.4 Å². The van der Waals surface area contributed by atoms with Crippen LogP contribution in [0.25, 0.3) is 0 Å². The molecule has 0 aliphatic rings. The molecule has 0 saturated heterocycles. The first-order valence-corrected chi connectivity index (χ1v) is 8.94. The number of rotatable bonds is 7. The Morgan fingerprint density at radius 3 is 2.39 bits per heavy atom. The summed E-state index contributed by atoms with van der Waals surface area (Å²) in [6, 6.07) is 16.3. The van der Waals surface area contributed by atoms with E-state index in [0.717, 1.165) is 16.9 Å². The molecule has 2 aromatic carbocycles. The Hall–Kier alpha value is -3.25. The molecule has 6 nitrogen and oxygen atoms in total. The van der Waals surface area contributed by atoms with Crippen molar-refractivity contribution in [2.75, 3.05) is 19.5 Å². The second kappa shape index (κ2) is 9.10. The third kappa shape index (κ3) is 4.92. The van der Waals surface area contributed by atoms with Crippen LogP contribution in [0.1, 0.15) is 16.1 Å². The van der Waals surface area contributed by atoms with Gasteiger partial charge in [0.15, 0.2) is 11.5 Å². The highest BCUT2D eigenvalue weighted by atomic mass is 35.5. The zero-order valence-electron chi connectivity index (χ0n) is 15.5. The Morgan fingerprint density at radius 1 is 0.964 bits per heavy atom.